The summed E-state index contributed by atoms with van der Waals surface area (Å²) in [6, 6.07) is 1.69. The zero-order valence-electron chi connectivity index (χ0n) is 14.8. The third kappa shape index (κ3) is 3.46. The largest absolute Gasteiger partial charge is 0.381 e. The van der Waals surface area contributed by atoms with Gasteiger partial charge in [0.05, 0.1) is 12.3 Å². The Bertz CT molecular complexity index is 762. The molecule has 7 nitrogen and oxygen atoms in total. The van der Waals surface area contributed by atoms with Gasteiger partial charge in [0.25, 0.3) is 5.91 Å². The number of nitrogens with zero attached hydrogens (tertiary/aromatic N) is 4. The summed E-state index contributed by atoms with van der Waals surface area (Å²) in [6.45, 7) is 7.14. The number of amides is 1. The van der Waals surface area contributed by atoms with Gasteiger partial charge in [0.1, 0.15) is 5.76 Å². The van der Waals surface area contributed by atoms with Gasteiger partial charge < -0.3 is 14.2 Å². The number of aromatic nitrogens is 3. The van der Waals surface area contributed by atoms with Crippen LogP contribution in [0.25, 0.3) is 0 Å². The molecule has 4 rings (SSSR count). The summed E-state index contributed by atoms with van der Waals surface area (Å²) >= 11 is 0. The molecule has 0 unspecified atom stereocenters. The Balaban J connectivity index is 1.56. The van der Waals surface area contributed by atoms with E-state index in [9.17, 15) is 4.79 Å². The number of hydrogen-bond donors (Lipinski definition) is 0. The van der Waals surface area contributed by atoms with Crippen LogP contribution >= 0.6 is 0 Å². The second-order valence-electron chi connectivity index (χ2n) is 7.07. The molecule has 1 atom stereocenters. The molecule has 134 valence electrons. The fourth-order valence-corrected chi connectivity index (χ4v) is 3.40. The summed E-state index contributed by atoms with van der Waals surface area (Å²) in [4.78, 5) is 14.6. The molecule has 0 saturated heterocycles. The summed E-state index contributed by atoms with van der Waals surface area (Å²) in [5.74, 6) is 1.41. The molecular weight excluding hydrogens is 320 g/mol. The third-order valence-electron chi connectivity index (χ3n) is 4.86. The maximum atomic E-state index is 12.8. The normalized spacial score (nSPS) is 19.9. The fourth-order valence-electron chi connectivity index (χ4n) is 3.40. The monoisotopic (exact) mass is 344 g/mol. The first-order chi connectivity index (χ1) is 12.1. The van der Waals surface area contributed by atoms with Crippen LogP contribution in [0.1, 0.15) is 53.2 Å². The minimum Gasteiger partial charge on any atom is -0.381 e. The third-order valence-corrected chi connectivity index (χ3v) is 4.86. The molecule has 1 amide bonds. The summed E-state index contributed by atoms with van der Waals surface area (Å²) in [7, 11) is 0. The van der Waals surface area contributed by atoms with E-state index in [1.807, 2.05) is 11.8 Å². The van der Waals surface area contributed by atoms with Gasteiger partial charge in [-0.1, -0.05) is 5.16 Å². The summed E-state index contributed by atoms with van der Waals surface area (Å²) in [5.41, 5.74) is 2.56. The maximum absolute atomic E-state index is 12.8. The van der Waals surface area contributed by atoms with Gasteiger partial charge in [-0.25, -0.2) is 0 Å². The highest BCUT2D eigenvalue weighted by atomic mass is 16.5. The molecule has 1 aliphatic carbocycles. The Morgan fingerprint density at radius 2 is 2.28 bits per heavy atom. The van der Waals surface area contributed by atoms with Crippen molar-refractivity contribution in [1.82, 2.24) is 19.8 Å². The van der Waals surface area contributed by atoms with Crippen LogP contribution in [0, 0.1) is 12.8 Å². The standard InChI is InChI=1S/C18H24N4O3/c1-3-24-11-15-9-21(18(23)16-6-12(2)25-20-16)8-14-10-22(19-17(14)15)7-13-4-5-13/h6,10,13,15H,3-5,7-9,11H2,1-2H3/t15-/m0/s1. The van der Waals surface area contributed by atoms with Gasteiger partial charge in [-0.3, -0.25) is 9.48 Å². The average Bonchev–Trinajstić information content (AvgIpc) is 3.14. The molecule has 0 bridgehead atoms. The van der Waals surface area contributed by atoms with Gasteiger partial charge >= 0.3 is 0 Å². The van der Waals surface area contributed by atoms with E-state index in [4.69, 9.17) is 14.4 Å². The highest BCUT2D eigenvalue weighted by Crippen LogP contribution is 2.33. The van der Waals surface area contributed by atoms with Crippen molar-refractivity contribution >= 4 is 5.91 Å². The van der Waals surface area contributed by atoms with Gasteiger partial charge in [0.2, 0.25) is 0 Å². The number of carbonyl (C=O) groups excluding carboxylic acids is 1. The first kappa shape index (κ1) is 16.3. The van der Waals surface area contributed by atoms with Crippen molar-refractivity contribution in [1.29, 1.82) is 0 Å². The number of hydrogen-bond acceptors (Lipinski definition) is 5. The number of aryl methyl sites for hydroxylation is 1. The van der Waals surface area contributed by atoms with Gasteiger partial charge in [0, 0.05) is 50.0 Å². The van der Waals surface area contributed by atoms with Gasteiger partial charge in [-0.2, -0.15) is 5.10 Å². The van der Waals surface area contributed by atoms with E-state index in [0.29, 0.717) is 37.8 Å². The molecule has 2 aromatic rings. The predicted molar refractivity (Wildman–Crippen MR) is 90.2 cm³/mol. The lowest BCUT2D eigenvalue weighted by Crippen LogP contribution is -2.39. The summed E-state index contributed by atoms with van der Waals surface area (Å²) in [6.07, 6.45) is 4.69. The molecule has 0 spiro atoms. The molecule has 3 heterocycles. The molecule has 2 aromatic heterocycles. The van der Waals surface area contributed by atoms with E-state index in [-0.39, 0.29) is 11.8 Å². The van der Waals surface area contributed by atoms with Gasteiger partial charge in [-0.05, 0) is 32.6 Å². The van der Waals surface area contributed by atoms with Crippen LogP contribution in [-0.2, 0) is 17.8 Å². The molecule has 1 aliphatic heterocycles. The number of fused-ring (bicyclic) bond motifs is 1. The fraction of sp³-hybridized carbons (Fsp3) is 0.611. The van der Waals surface area contributed by atoms with Crippen LogP contribution in [0.15, 0.2) is 16.8 Å². The Kier molecular flexibility index (Phi) is 4.33. The smallest absolute Gasteiger partial charge is 0.276 e. The van der Waals surface area contributed by atoms with Crippen LogP contribution in [-0.4, -0.2) is 45.5 Å². The first-order valence-electron chi connectivity index (χ1n) is 9.00. The highest BCUT2D eigenvalue weighted by Gasteiger charge is 2.33. The van der Waals surface area contributed by atoms with Crippen LogP contribution < -0.4 is 0 Å². The van der Waals surface area contributed by atoms with Crippen LogP contribution in [0.3, 0.4) is 0 Å². The molecule has 1 fully saturated rings. The topological polar surface area (TPSA) is 73.4 Å². The second-order valence-corrected chi connectivity index (χ2v) is 7.07. The van der Waals surface area contributed by atoms with E-state index < -0.39 is 0 Å². The van der Waals surface area contributed by atoms with Gasteiger partial charge in [-0.15, -0.1) is 0 Å². The number of ether oxygens (including phenoxy) is 1. The number of rotatable bonds is 6. The number of carbonyl (C=O) groups is 1. The van der Waals surface area contributed by atoms with Crippen molar-refractivity contribution in [2.75, 3.05) is 19.8 Å². The highest BCUT2D eigenvalue weighted by molar-refractivity contribution is 5.92. The molecular formula is C18H24N4O3. The molecule has 0 aromatic carbocycles. The first-order valence-corrected chi connectivity index (χ1v) is 9.00. The quantitative estimate of drug-likeness (QED) is 0.804. The van der Waals surface area contributed by atoms with Gasteiger partial charge in [0.15, 0.2) is 5.69 Å². The maximum Gasteiger partial charge on any atom is 0.276 e. The van der Waals surface area contributed by atoms with Crippen molar-refractivity contribution in [2.45, 2.75) is 45.7 Å². The molecule has 0 radical (unpaired) electrons. The molecule has 7 heteroatoms. The van der Waals surface area contributed by atoms with E-state index in [2.05, 4.69) is 16.0 Å². The lowest BCUT2D eigenvalue weighted by Gasteiger charge is -2.31. The van der Waals surface area contributed by atoms with E-state index in [1.54, 1.807) is 13.0 Å². The summed E-state index contributed by atoms with van der Waals surface area (Å²) < 4.78 is 12.8. The Morgan fingerprint density at radius 3 is 2.96 bits per heavy atom. The van der Waals surface area contributed by atoms with Crippen molar-refractivity contribution in [3.8, 4) is 0 Å². The minimum atomic E-state index is -0.0982. The average molecular weight is 344 g/mol. The van der Waals surface area contributed by atoms with E-state index in [0.717, 1.165) is 23.7 Å². The zero-order chi connectivity index (χ0) is 17.4. The van der Waals surface area contributed by atoms with Crippen molar-refractivity contribution in [3.05, 3.63) is 35.0 Å². The van der Waals surface area contributed by atoms with Crippen molar-refractivity contribution < 1.29 is 14.1 Å². The molecule has 1 saturated carbocycles. The predicted octanol–water partition coefficient (Wildman–Crippen LogP) is 2.37. The molecule has 2 aliphatic rings. The summed E-state index contributed by atoms with van der Waals surface area (Å²) in [5, 5.41) is 8.67. The van der Waals surface area contributed by atoms with Crippen molar-refractivity contribution in [2.24, 2.45) is 5.92 Å². The van der Waals surface area contributed by atoms with E-state index >= 15 is 0 Å². The lowest BCUT2D eigenvalue weighted by molar-refractivity contribution is 0.0642. The minimum absolute atomic E-state index is 0.0982. The Hall–Kier alpha value is -2.15. The second kappa shape index (κ2) is 6.63. The zero-order valence-corrected chi connectivity index (χ0v) is 14.8. The lowest BCUT2D eigenvalue weighted by atomic mass is 9.97. The SMILES string of the molecule is CCOC[C@@H]1CN(C(=O)c2cc(C)on2)Cc2cn(CC3CC3)nc21. The van der Waals surface area contributed by atoms with E-state index in [1.165, 1.54) is 12.8 Å². The Labute approximate surface area is 146 Å². The van der Waals surface area contributed by atoms with Crippen LogP contribution in [0.2, 0.25) is 0 Å². The molecule has 0 N–H and O–H groups in total. The van der Waals surface area contributed by atoms with Crippen molar-refractivity contribution in [3.63, 3.8) is 0 Å². The van der Waals surface area contributed by atoms with Crippen LogP contribution in [0.4, 0.5) is 0 Å². The molecule has 25 heavy (non-hydrogen) atoms. The van der Waals surface area contributed by atoms with Crippen LogP contribution in [0.5, 0.6) is 0 Å². The Morgan fingerprint density at radius 1 is 1.44 bits per heavy atom.